The number of hydrogen-bond donors (Lipinski definition) is 0. The molecule has 4 heterocycles. The van der Waals surface area contributed by atoms with E-state index in [1.807, 2.05) is 35.2 Å². The molecule has 0 spiro atoms. The molecule has 0 N–H and O–H groups in total. The van der Waals surface area contributed by atoms with Gasteiger partial charge in [-0.15, -0.1) is 0 Å². The molecule has 2 atom stereocenters. The molecule has 7 nitrogen and oxygen atoms in total. The second-order valence-electron chi connectivity index (χ2n) is 7.45. The van der Waals surface area contributed by atoms with Crippen LogP contribution in [-0.2, 0) is 17.7 Å². The van der Waals surface area contributed by atoms with Crippen molar-refractivity contribution in [1.29, 1.82) is 0 Å². The van der Waals surface area contributed by atoms with Crippen LogP contribution in [-0.4, -0.2) is 65.2 Å². The van der Waals surface area contributed by atoms with Gasteiger partial charge in [-0.2, -0.15) is 4.98 Å². The number of piperidine rings is 1. The Bertz CT molecular complexity index is 764. The zero-order valence-corrected chi connectivity index (χ0v) is 15.7. The molecular weight excluding hydrogens is 344 g/mol. The van der Waals surface area contributed by atoms with Crippen LogP contribution in [0.1, 0.15) is 34.9 Å². The molecule has 2 bridgehead atoms. The molecule has 1 aromatic carbocycles. The van der Waals surface area contributed by atoms with Crippen molar-refractivity contribution < 1.29 is 14.1 Å². The first-order chi connectivity index (χ1) is 13.2. The third-order valence-corrected chi connectivity index (χ3v) is 5.51. The molecule has 27 heavy (non-hydrogen) atoms. The van der Waals surface area contributed by atoms with Crippen LogP contribution >= 0.6 is 0 Å². The minimum atomic E-state index is 0.133. The Morgan fingerprint density at radius 2 is 2.07 bits per heavy atom. The fourth-order valence-corrected chi connectivity index (χ4v) is 4.12. The van der Waals surface area contributed by atoms with Crippen LogP contribution in [0.4, 0.5) is 0 Å². The van der Waals surface area contributed by atoms with Gasteiger partial charge in [0.25, 0.3) is 5.91 Å². The zero-order chi connectivity index (χ0) is 18.6. The summed E-state index contributed by atoms with van der Waals surface area (Å²) < 4.78 is 10.5. The van der Waals surface area contributed by atoms with E-state index in [-0.39, 0.29) is 5.91 Å². The third-order valence-electron chi connectivity index (χ3n) is 5.51. The van der Waals surface area contributed by atoms with Crippen molar-refractivity contribution in [2.75, 3.05) is 33.4 Å². The molecular formula is C20H26N4O3. The molecule has 5 rings (SSSR count). The van der Waals surface area contributed by atoms with E-state index in [1.54, 1.807) is 7.11 Å². The van der Waals surface area contributed by atoms with Gasteiger partial charge >= 0.3 is 0 Å². The molecule has 3 fully saturated rings. The van der Waals surface area contributed by atoms with Crippen molar-refractivity contribution in [2.45, 2.75) is 31.8 Å². The van der Waals surface area contributed by atoms with Crippen molar-refractivity contribution in [1.82, 2.24) is 19.9 Å². The maximum Gasteiger partial charge on any atom is 0.253 e. The Hall–Kier alpha value is -2.25. The van der Waals surface area contributed by atoms with Gasteiger partial charge in [-0.05, 0) is 30.9 Å². The van der Waals surface area contributed by atoms with E-state index in [0.29, 0.717) is 43.2 Å². The number of aromatic nitrogens is 2. The highest BCUT2D eigenvalue weighted by atomic mass is 16.5. The number of methoxy groups -OCH3 is 1. The van der Waals surface area contributed by atoms with E-state index < -0.39 is 0 Å². The van der Waals surface area contributed by atoms with E-state index >= 15 is 0 Å². The highest BCUT2D eigenvalue weighted by molar-refractivity contribution is 5.94. The number of amides is 1. The topological polar surface area (TPSA) is 71.7 Å². The van der Waals surface area contributed by atoms with Crippen molar-refractivity contribution in [3.05, 3.63) is 47.6 Å². The lowest BCUT2D eigenvalue weighted by molar-refractivity contribution is 0.0732. The van der Waals surface area contributed by atoms with Crippen LogP contribution < -0.4 is 0 Å². The Balaban J connectivity index is 1.42. The summed E-state index contributed by atoms with van der Waals surface area (Å²) in [6.07, 6.45) is 2.93. The predicted molar refractivity (Wildman–Crippen MR) is 99.1 cm³/mol. The summed E-state index contributed by atoms with van der Waals surface area (Å²) in [5.41, 5.74) is 0.769. The lowest BCUT2D eigenvalue weighted by Gasteiger charge is -2.34. The molecule has 0 radical (unpaired) electrons. The molecule has 0 unspecified atom stereocenters. The number of hydrogen-bond acceptors (Lipinski definition) is 6. The number of nitrogens with zero attached hydrogens (tertiary/aromatic N) is 4. The number of benzene rings is 1. The summed E-state index contributed by atoms with van der Waals surface area (Å²) in [6, 6.07) is 9.91. The molecule has 3 aliphatic rings. The molecule has 144 valence electrons. The van der Waals surface area contributed by atoms with Crippen LogP contribution in [0.15, 0.2) is 34.9 Å². The molecule has 0 saturated carbocycles. The van der Waals surface area contributed by atoms with Crippen LogP contribution in [0.3, 0.4) is 0 Å². The fourth-order valence-electron chi connectivity index (χ4n) is 4.12. The molecule has 2 aromatic rings. The lowest BCUT2D eigenvalue weighted by atomic mass is 9.95. The standard InChI is InChI=1S/C20H26N4O3/c1-26-10-9-18-21-19(27-22-18)14-23-11-15-7-8-17(23)13-24(12-15)20(25)16-5-3-2-4-6-16/h2-6,15,17H,7-14H2,1H3/t15-,17-/m1/s1. The van der Waals surface area contributed by atoms with Crippen molar-refractivity contribution in [3.8, 4) is 0 Å². The molecule has 3 saturated heterocycles. The van der Waals surface area contributed by atoms with Crippen molar-refractivity contribution in [2.24, 2.45) is 5.92 Å². The normalized spacial score (nSPS) is 22.8. The van der Waals surface area contributed by atoms with E-state index in [0.717, 1.165) is 31.6 Å². The summed E-state index contributed by atoms with van der Waals surface area (Å²) in [5.74, 6) is 1.96. The fraction of sp³-hybridized carbons (Fsp3) is 0.550. The Morgan fingerprint density at radius 1 is 1.22 bits per heavy atom. The number of carbonyl (C=O) groups is 1. The Labute approximate surface area is 159 Å². The van der Waals surface area contributed by atoms with Crippen molar-refractivity contribution in [3.63, 3.8) is 0 Å². The molecule has 1 aromatic heterocycles. The quantitative estimate of drug-likeness (QED) is 0.774. The second kappa shape index (κ2) is 8.19. The van der Waals surface area contributed by atoms with Crippen LogP contribution in [0.5, 0.6) is 0 Å². The highest BCUT2D eigenvalue weighted by Crippen LogP contribution is 2.29. The van der Waals surface area contributed by atoms with Gasteiger partial charge in [-0.3, -0.25) is 9.69 Å². The second-order valence-corrected chi connectivity index (χ2v) is 7.45. The van der Waals surface area contributed by atoms with Gasteiger partial charge in [-0.1, -0.05) is 23.4 Å². The predicted octanol–water partition coefficient (Wildman–Crippen LogP) is 2.00. The van der Waals surface area contributed by atoms with Gasteiger partial charge in [0.2, 0.25) is 5.89 Å². The zero-order valence-electron chi connectivity index (χ0n) is 15.7. The highest BCUT2D eigenvalue weighted by Gasteiger charge is 2.37. The average Bonchev–Trinajstić information content (AvgIpc) is 2.94. The maximum atomic E-state index is 12.9. The summed E-state index contributed by atoms with van der Waals surface area (Å²) in [4.78, 5) is 21.8. The first-order valence-corrected chi connectivity index (χ1v) is 9.61. The maximum absolute atomic E-state index is 12.9. The average molecular weight is 370 g/mol. The first-order valence-electron chi connectivity index (χ1n) is 9.61. The molecule has 0 aliphatic carbocycles. The van der Waals surface area contributed by atoms with Crippen LogP contribution in [0, 0.1) is 5.92 Å². The van der Waals surface area contributed by atoms with E-state index in [4.69, 9.17) is 9.26 Å². The summed E-state index contributed by atoms with van der Waals surface area (Å²) in [6.45, 7) is 3.79. The monoisotopic (exact) mass is 370 g/mol. The van der Waals surface area contributed by atoms with Gasteiger partial charge in [0.1, 0.15) is 0 Å². The number of rotatable bonds is 6. The van der Waals surface area contributed by atoms with Crippen LogP contribution in [0.25, 0.3) is 0 Å². The minimum Gasteiger partial charge on any atom is -0.384 e. The van der Waals surface area contributed by atoms with Gasteiger partial charge in [0.15, 0.2) is 5.82 Å². The Morgan fingerprint density at radius 3 is 2.89 bits per heavy atom. The first kappa shape index (κ1) is 18.1. The van der Waals surface area contributed by atoms with E-state index in [9.17, 15) is 4.79 Å². The number of ether oxygens (including phenoxy) is 1. The van der Waals surface area contributed by atoms with Crippen LogP contribution in [0.2, 0.25) is 0 Å². The molecule has 3 aliphatic heterocycles. The largest absolute Gasteiger partial charge is 0.384 e. The van der Waals surface area contributed by atoms with Gasteiger partial charge in [-0.25, -0.2) is 0 Å². The summed E-state index contributed by atoms with van der Waals surface area (Å²) >= 11 is 0. The molecule has 1 amide bonds. The SMILES string of the molecule is COCCc1noc(CN2C[C@H]3CC[C@@H]2CN(C(=O)c2ccccc2)C3)n1. The minimum absolute atomic E-state index is 0.133. The third kappa shape index (κ3) is 4.20. The number of carbonyl (C=O) groups excluding carboxylic acids is 1. The summed E-state index contributed by atoms with van der Waals surface area (Å²) in [5, 5.41) is 4.03. The van der Waals surface area contributed by atoms with Gasteiger partial charge in [0.05, 0.1) is 13.2 Å². The van der Waals surface area contributed by atoms with E-state index in [2.05, 4.69) is 15.0 Å². The van der Waals surface area contributed by atoms with Crippen molar-refractivity contribution >= 4 is 5.91 Å². The summed E-state index contributed by atoms with van der Waals surface area (Å²) in [7, 11) is 1.66. The lowest BCUT2D eigenvalue weighted by Crippen LogP contribution is -2.44. The number of fused-ring (bicyclic) bond motifs is 4. The van der Waals surface area contributed by atoms with Gasteiger partial charge < -0.3 is 14.2 Å². The van der Waals surface area contributed by atoms with E-state index in [1.165, 1.54) is 6.42 Å². The smallest absolute Gasteiger partial charge is 0.253 e. The molecule has 7 heteroatoms. The van der Waals surface area contributed by atoms with Gasteiger partial charge in [0, 0.05) is 44.8 Å². The Kier molecular flexibility index (Phi) is 5.50.